The van der Waals surface area contributed by atoms with Crippen LogP contribution < -0.4 is 0 Å². The minimum Gasteiger partial charge on any atom is -0.258 e. The Labute approximate surface area is 111 Å². The van der Waals surface area contributed by atoms with Gasteiger partial charge in [0.25, 0.3) is 0 Å². The summed E-state index contributed by atoms with van der Waals surface area (Å²) in [5.41, 5.74) is 2.55. The van der Waals surface area contributed by atoms with Crippen LogP contribution in [0, 0.1) is 17.0 Å². The molecule has 0 aliphatic rings. The largest absolute Gasteiger partial charge is 0.313 e. The number of pyridine rings is 1. The standard InChI is InChI=1S/C13H16N4O2/c1-4-10-8-11(5-2)16(15-10)13-12(17(18)19)7-6-9(3)14-13/h6-8H,4-5H2,1-3H3. The van der Waals surface area contributed by atoms with Crippen molar-refractivity contribution in [3.8, 4) is 5.82 Å². The van der Waals surface area contributed by atoms with Crippen molar-refractivity contribution in [3.63, 3.8) is 0 Å². The van der Waals surface area contributed by atoms with E-state index in [-0.39, 0.29) is 5.69 Å². The maximum absolute atomic E-state index is 11.1. The van der Waals surface area contributed by atoms with Gasteiger partial charge in [0, 0.05) is 17.5 Å². The molecule has 2 rings (SSSR count). The molecular weight excluding hydrogens is 244 g/mol. The van der Waals surface area contributed by atoms with Gasteiger partial charge < -0.3 is 0 Å². The minimum absolute atomic E-state index is 0.0222. The molecule has 6 heteroatoms. The van der Waals surface area contributed by atoms with Crippen LogP contribution in [0.4, 0.5) is 5.69 Å². The fourth-order valence-electron chi connectivity index (χ4n) is 1.92. The summed E-state index contributed by atoms with van der Waals surface area (Å²) < 4.78 is 1.59. The fourth-order valence-corrected chi connectivity index (χ4v) is 1.92. The van der Waals surface area contributed by atoms with E-state index in [2.05, 4.69) is 10.1 Å². The van der Waals surface area contributed by atoms with Gasteiger partial charge in [-0.05, 0) is 31.9 Å². The third kappa shape index (κ3) is 2.47. The first-order valence-corrected chi connectivity index (χ1v) is 6.27. The van der Waals surface area contributed by atoms with Crippen molar-refractivity contribution in [2.24, 2.45) is 0 Å². The Bertz CT molecular complexity index is 619. The van der Waals surface area contributed by atoms with Crippen molar-refractivity contribution < 1.29 is 4.92 Å². The molecule has 2 aromatic heterocycles. The van der Waals surface area contributed by atoms with Crippen LogP contribution in [0.2, 0.25) is 0 Å². The molecule has 0 bridgehead atoms. The maximum atomic E-state index is 11.1. The number of nitrogens with zero attached hydrogens (tertiary/aromatic N) is 4. The van der Waals surface area contributed by atoms with Gasteiger partial charge in [-0.1, -0.05) is 13.8 Å². The first-order valence-electron chi connectivity index (χ1n) is 6.27. The molecule has 6 nitrogen and oxygen atoms in total. The van der Waals surface area contributed by atoms with Gasteiger partial charge in [0.15, 0.2) is 0 Å². The van der Waals surface area contributed by atoms with Crippen LogP contribution in [0.1, 0.15) is 30.9 Å². The van der Waals surface area contributed by atoms with E-state index in [0.717, 1.165) is 29.9 Å². The predicted octanol–water partition coefficient (Wildman–Crippen LogP) is 2.61. The molecule has 0 radical (unpaired) electrons. The van der Waals surface area contributed by atoms with E-state index in [9.17, 15) is 10.1 Å². The van der Waals surface area contributed by atoms with E-state index in [1.807, 2.05) is 26.8 Å². The van der Waals surface area contributed by atoms with Crippen LogP contribution >= 0.6 is 0 Å². The first kappa shape index (κ1) is 13.2. The van der Waals surface area contributed by atoms with Crippen LogP contribution in [0.5, 0.6) is 0 Å². The third-order valence-corrected chi connectivity index (χ3v) is 2.95. The summed E-state index contributed by atoms with van der Waals surface area (Å²) in [6.07, 6.45) is 1.54. The molecule has 0 saturated carbocycles. The highest BCUT2D eigenvalue weighted by atomic mass is 16.6. The molecule has 0 saturated heterocycles. The summed E-state index contributed by atoms with van der Waals surface area (Å²) in [6, 6.07) is 5.08. The second-order valence-corrected chi connectivity index (χ2v) is 4.30. The first-order chi connectivity index (χ1) is 9.06. The lowest BCUT2D eigenvalue weighted by Crippen LogP contribution is -2.08. The van der Waals surface area contributed by atoms with Gasteiger partial charge in [0.1, 0.15) is 0 Å². The second kappa shape index (κ2) is 5.17. The molecule has 0 N–H and O–H groups in total. The number of aryl methyl sites for hydroxylation is 3. The van der Waals surface area contributed by atoms with Crippen molar-refractivity contribution >= 4 is 5.69 Å². The molecule has 19 heavy (non-hydrogen) atoms. The Morgan fingerprint density at radius 1 is 1.32 bits per heavy atom. The normalized spacial score (nSPS) is 10.7. The zero-order valence-electron chi connectivity index (χ0n) is 11.3. The van der Waals surface area contributed by atoms with Gasteiger partial charge in [-0.2, -0.15) is 5.10 Å². The van der Waals surface area contributed by atoms with E-state index in [0.29, 0.717) is 5.82 Å². The summed E-state index contributed by atoms with van der Waals surface area (Å²) in [4.78, 5) is 15.0. The summed E-state index contributed by atoms with van der Waals surface area (Å²) in [6.45, 7) is 5.81. The lowest BCUT2D eigenvalue weighted by atomic mass is 10.2. The third-order valence-electron chi connectivity index (χ3n) is 2.95. The van der Waals surface area contributed by atoms with Crippen LogP contribution in [0.15, 0.2) is 18.2 Å². The van der Waals surface area contributed by atoms with Crippen molar-refractivity contribution in [3.05, 3.63) is 45.4 Å². The van der Waals surface area contributed by atoms with E-state index >= 15 is 0 Å². The zero-order chi connectivity index (χ0) is 14.0. The molecule has 0 amide bonds. The van der Waals surface area contributed by atoms with Gasteiger partial charge in [0.2, 0.25) is 5.82 Å². The number of hydrogen-bond acceptors (Lipinski definition) is 4. The Morgan fingerprint density at radius 2 is 2.05 bits per heavy atom. The predicted molar refractivity (Wildman–Crippen MR) is 71.5 cm³/mol. The number of rotatable bonds is 4. The van der Waals surface area contributed by atoms with Crippen molar-refractivity contribution in [1.82, 2.24) is 14.8 Å². The monoisotopic (exact) mass is 260 g/mol. The van der Waals surface area contributed by atoms with Crippen LogP contribution in [-0.4, -0.2) is 19.7 Å². The molecule has 100 valence electrons. The van der Waals surface area contributed by atoms with Gasteiger partial charge in [-0.15, -0.1) is 0 Å². The molecule has 2 heterocycles. The average Bonchev–Trinajstić information content (AvgIpc) is 2.81. The zero-order valence-corrected chi connectivity index (χ0v) is 11.3. The smallest absolute Gasteiger partial charge is 0.258 e. The highest BCUT2D eigenvalue weighted by molar-refractivity contribution is 5.48. The van der Waals surface area contributed by atoms with Crippen molar-refractivity contribution in [2.45, 2.75) is 33.6 Å². The summed E-state index contributed by atoms with van der Waals surface area (Å²) in [7, 11) is 0. The quantitative estimate of drug-likeness (QED) is 0.625. The van der Waals surface area contributed by atoms with Crippen molar-refractivity contribution in [1.29, 1.82) is 0 Å². The van der Waals surface area contributed by atoms with E-state index in [1.54, 1.807) is 10.7 Å². The number of aromatic nitrogens is 3. The van der Waals surface area contributed by atoms with Gasteiger partial charge in [-0.25, -0.2) is 9.67 Å². The highest BCUT2D eigenvalue weighted by Gasteiger charge is 2.20. The Morgan fingerprint density at radius 3 is 2.63 bits per heavy atom. The van der Waals surface area contributed by atoms with Gasteiger partial charge in [0.05, 0.1) is 10.6 Å². The molecule has 0 aliphatic heterocycles. The van der Waals surface area contributed by atoms with E-state index in [4.69, 9.17) is 0 Å². The van der Waals surface area contributed by atoms with Crippen LogP contribution in [0.3, 0.4) is 0 Å². The fraction of sp³-hybridized carbons (Fsp3) is 0.385. The lowest BCUT2D eigenvalue weighted by molar-refractivity contribution is -0.385. The molecule has 0 atom stereocenters. The highest BCUT2D eigenvalue weighted by Crippen LogP contribution is 2.23. The Hall–Kier alpha value is -2.24. The van der Waals surface area contributed by atoms with Crippen LogP contribution in [-0.2, 0) is 12.8 Å². The van der Waals surface area contributed by atoms with E-state index < -0.39 is 4.92 Å². The maximum Gasteiger partial charge on any atom is 0.313 e. The Balaban J connectivity index is 2.66. The minimum atomic E-state index is -0.422. The molecule has 0 unspecified atom stereocenters. The summed E-state index contributed by atoms with van der Waals surface area (Å²) in [5.74, 6) is 0.293. The molecule has 0 fully saturated rings. The average molecular weight is 260 g/mol. The topological polar surface area (TPSA) is 73.8 Å². The van der Waals surface area contributed by atoms with Crippen molar-refractivity contribution in [2.75, 3.05) is 0 Å². The van der Waals surface area contributed by atoms with Crippen LogP contribution in [0.25, 0.3) is 5.82 Å². The SMILES string of the molecule is CCc1cc(CC)n(-c2nc(C)ccc2[N+](=O)[O-])n1. The number of hydrogen-bond donors (Lipinski definition) is 0. The second-order valence-electron chi connectivity index (χ2n) is 4.30. The molecule has 0 aliphatic carbocycles. The molecule has 0 spiro atoms. The molecule has 0 aromatic carbocycles. The number of nitro groups is 1. The van der Waals surface area contributed by atoms with Gasteiger partial charge in [-0.3, -0.25) is 10.1 Å². The summed E-state index contributed by atoms with van der Waals surface area (Å²) >= 11 is 0. The lowest BCUT2D eigenvalue weighted by Gasteiger charge is -2.06. The van der Waals surface area contributed by atoms with Gasteiger partial charge >= 0.3 is 5.69 Å². The molecule has 2 aromatic rings. The summed E-state index contributed by atoms with van der Waals surface area (Å²) in [5, 5.41) is 15.5. The van der Waals surface area contributed by atoms with E-state index in [1.165, 1.54) is 6.07 Å². The molecular formula is C13H16N4O2. The Kier molecular flexibility index (Phi) is 3.59.